The Morgan fingerprint density at radius 2 is 0.589 bits per heavy atom. The second-order valence-electron chi connectivity index (χ2n) is 40.7. The molecule has 26 nitrogen and oxygen atoms in total. The molecule has 146 heavy (non-hydrogen) atoms. The molecule has 16 rings (SSSR count). The van der Waals surface area contributed by atoms with Crippen molar-refractivity contribution in [3.63, 3.8) is 0 Å². The number of fused-ring (bicyclic) bond motifs is 4. The second-order valence-corrected chi connectivity index (χ2v) is 40.7. The standard InChI is InChI=1S/C31H40N2O4.C31H39NO5.C29H36N2O5.C29H35NO6/c1-7-8-14-32-23-18-27(35-5)29(28(19-23)36-6)33-30(34)26-12-11-24(37-26)16-22-17-25-21(15-20(22)2)10-9-13-31(25,3)4;1-7-8-14-36-24-18-27(34-5)29(28(19-24)35-6)32-30(33)26-12-11-23(37-26)16-22-17-25-21(15-20(22)2)10-9-13-31(25,3)4;1-7-8-13-30-20-15-24(33-5)27(25(16-20)34-6)31-28(32)22-9-10-26(35-22)36-23-17-21-19(14-18(23)2)11-12-29(21,3)4;1-7-8-13-34-20-15-24(32-5)27(25(16-20)33-6)30-28(31)22-9-10-26(35-22)36-23-17-21-19(14-18(23)2)11-12-29(21,3)4/h11-12,15,17-19,32H,7-10,13-14,16H2,1-6H3,(H,33,34);11-12,15,17-19H,7-10,13-14,16H2,1-6H3,(H,32,33);9-10,14-17,30H,7-8,11-13H2,1-6H3,(H,31,32);9-10,14-17H,7-8,11-13H2,1-6H3,(H,30,31). The van der Waals surface area contributed by atoms with E-state index in [-0.39, 0.29) is 68.4 Å². The number of anilines is 6. The maximum absolute atomic E-state index is 13.1. The average molecular weight is 2000 g/mol. The van der Waals surface area contributed by atoms with Crippen LogP contribution in [-0.2, 0) is 60.2 Å². The monoisotopic (exact) mass is 2000 g/mol. The first-order chi connectivity index (χ1) is 70.0. The molecule has 8 aromatic carbocycles. The first-order valence-corrected chi connectivity index (χ1v) is 51.3. The van der Waals surface area contributed by atoms with Gasteiger partial charge in [-0.25, -0.2) is 0 Å². The number of furan rings is 4. The maximum Gasteiger partial charge on any atom is 0.291 e. The molecule has 0 saturated heterocycles. The zero-order valence-corrected chi connectivity index (χ0v) is 90.0. The highest BCUT2D eigenvalue weighted by Gasteiger charge is 2.36. The van der Waals surface area contributed by atoms with Crippen LogP contribution in [0.2, 0.25) is 0 Å². The molecule has 0 atom stereocenters. The first kappa shape index (κ1) is 109. The minimum Gasteiger partial charge on any atom is -0.494 e. The predicted octanol–water partition coefficient (Wildman–Crippen LogP) is 28.7. The molecule has 4 aliphatic carbocycles. The normalized spacial score (nSPS) is 13.9. The summed E-state index contributed by atoms with van der Waals surface area (Å²) in [6, 6.07) is 45.9. The number of hydrogen-bond donors (Lipinski definition) is 6. The molecule has 0 saturated carbocycles. The van der Waals surface area contributed by atoms with E-state index < -0.39 is 11.8 Å². The molecule has 0 fully saturated rings. The minimum absolute atomic E-state index is 0.108. The lowest BCUT2D eigenvalue weighted by atomic mass is 9.71. The van der Waals surface area contributed by atoms with Gasteiger partial charge in [-0.15, -0.1) is 0 Å². The van der Waals surface area contributed by atoms with Gasteiger partial charge < -0.3 is 106 Å². The highest BCUT2D eigenvalue weighted by Crippen LogP contribution is 2.49. The summed E-state index contributed by atoms with van der Waals surface area (Å²) < 4.78 is 91.4. The topological polar surface area (TPSA) is 304 Å². The average Bonchev–Trinajstić information content (AvgIpc) is 1.38. The number of amides is 4. The van der Waals surface area contributed by atoms with Crippen LogP contribution >= 0.6 is 0 Å². The van der Waals surface area contributed by atoms with Crippen molar-refractivity contribution >= 4 is 57.8 Å². The van der Waals surface area contributed by atoms with Crippen molar-refractivity contribution in [3.05, 3.63) is 258 Å². The van der Waals surface area contributed by atoms with E-state index in [0.717, 1.165) is 149 Å². The lowest BCUT2D eigenvalue weighted by molar-refractivity contribution is 0.0984. The minimum atomic E-state index is -0.451. The molecule has 0 spiro atoms. The Bertz CT molecular complexity index is 6070. The SMILES string of the molecule is CCCCNc1cc(OC)c(NC(=O)c2ccc(Cc3cc4c(cc3C)CCCC4(C)C)o2)c(OC)c1.CCCCNc1cc(OC)c(NC(=O)c2ccc(Oc3cc4c(cc3C)CCC4(C)C)o2)c(OC)c1.CCCCOc1cc(OC)c(NC(=O)c2ccc(Cc3cc4c(cc3C)CCCC4(C)C)o2)c(OC)c1.CCCCOc1cc(OC)c(NC(=O)c2ccc(Oc3cc4c(cc3C)CCC4(C)C)o2)c(OC)c1. The third-order valence-electron chi connectivity index (χ3n) is 28.1. The summed E-state index contributed by atoms with van der Waals surface area (Å²) in [5.41, 5.74) is 22.3. The van der Waals surface area contributed by atoms with Gasteiger partial charge in [0.1, 0.15) is 103 Å². The zero-order chi connectivity index (χ0) is 105. The van der Waals surface area contributed by atoms with E-state index in [1.807, 2.05) is 50.2 Å². The van der Waals surface area contributed by atoms with Crippen molar-refractivity contribution in [1.29, 1.82) is 0 Å². The molecule has 0 aliphatic heterocycles. The molecule has 4 aromatic heterocycles. The smallest absolute Gasteiger partial charge is 0.291 e. The van der Waals surface area contributed by atoms with Crippen LogP contribution in [0, 0.1) is 27.7 Å². The summed E-state index contributed by atoms with van der Waals surface area (Å²) in [4.78, 5) is 52.3. The number of carbonyl (C=O) groups is 4. The van der Waals surface area contributed by atoms with Crippen LogP contribution in [0.15, 0.2) is 163 Å². The molecular formula is C120H150N6O20. The van der Waals surface area contributed by atoms with Crippen molar-refractivity contribution in [2.75, 3.05) is 115 Å². The molecule has 4 aliphatic rings. The second kappa shape index (κ2) is 49.2. The van der Waals surface area contributed by atoms with Gasteiger partial charge >= 0.3 is 0 Å². The lowest BCUT2D eigenvalue weighted by Gasteiger charge is -2.33. The van der Waals surface area contributed by atoms with E-state index in [4.69, 9.17) is 74.5 Å². The summed E-state index contributed by atoms with van der Waals surface area (Å²) in [7, 11) is 12.4. The molecule has 0 radical (unpaired) electrons. The van der Waals surface area contributed by atoms with Crippen molar-refractivity contribution in [1.82, 2.24) is 0 Å². The number of benzene rings is 8. The predicted molar refractivity (Wildman–Crippen MR) is 578 cm³/mol. The van der Waals surface area contributed by atoms with Crippen molar-refractivity contribution < 1.29 is 93.7 Å². The van der Waals surface area contributed by atoms with Gasteiger partial charge in [-0.1, -0.05) is 145 Å². The molecule has 780 valence electrons. The van der Waals surface area contributed by atoms with Gasteiger partial charge in [-0.05, 0) is 266 Å². The van der Waals surface area contributed by atoms with Crippen LogP contribution < -0.4 is 88.7 Å². The molecule has 4 amide bonds. The number of carbonyl (C=O) groups excluding carboxylic acids is 4. The van der Waals surface area contributed by atoms with Crippen LogP contribution in [0.1, 0.15) is 305 Å². The molecule has 4 heterocycles. The van der Waals surface area contributed by atoms with Gasteiger partial charge in [0.15, 0.2) is 23.0 Å². The Morgan fingerprint density at radius 1 is 0.308 bits per heavy atom. The van der Waals surface area contributed by atoms with E-state index in [9.17, 15) is 19.2 Å². The molecule has 0 unspecified atom stereocenters. The number of rotatable bonds is 40. The third kappa shape index (κ3) is 26.8. The number of ether oxygens (including phenoxy) is 12. The highest BCUT2D eigenvalue weighted by molar-refractivity contribution is 6.07. The van der Waals surface area contributed by atoms with Gasteiger partial charge in [0.2, 0.25) is 0 Å². The molecule has 26 heteroatoms. The number of nitrogens with one attached hydrogen (secondary N) is 6. The van der Waals surface area contributed by atoms with Crippen LogP contribution in [0.3, 0.4) is 0 Å². The summed E-state index contributed by atoms with van der Waals surface area (Å²) >= 11 is 0. The number of hydrogen-bond acceptors (Lipinski definition) is 22. The number of methoxy groups -OCH3 is 8. The van der Waals surface area contributed by atoms with Gasteiger partial charge in [0.05, 0.1) is 70.1 Å². The Labute approximate surface area is 861 Å². The fourth-order valence-electron chi connectivity index (χ4n) is 19.4. The van der Waals surface area contributed by atoms with Gasteiger partial charge in [0.25, 0.3) is 35.5 Å². The van der Waals surface area contributed by atoms with Gasteiger partial charge in [-0.3, -0.25) is 19.2 Å². The summed E-state index contributed by atoms with van der Waals surface area (Å²) in [5, 5.41) is 18.2. The third-order valence-corrected chi connectivity index (χ3v) is 28.1. The van der Waals surface area contributed by atoms with E-state index in [1.54, 1.807) is 103 Å². The van der Waals surface area contributed by atoms with Crippen molar-refractivity contribution in [3.8, 4) is 80.9 Å². The van der Waals surface area contributed by atoms with Crippen molar-refractivity contribution in [2.45, 2.75) is 261 Å². The zero-order valence-electron chi connectivity index (χ0n) is 90.0. The van der Waals surface area contributed by atoms with E-state index in [0.29, 0.717) is 106 Å². The Kier molecular flexibility index (Phi) is 36.8. The van der Waals surface area contributed by atoms with E-state index in [1.165, 1.54) is 107 Å². The molecule has 12 aromatic rings. The quantitative estimate of drug-likeness (QED) is 0.0194. The Morgan fingerprint density at radius 3 is 0.904 bits per heavy atom. The van der Waals surface area contributed by atoms with E-state index in [2.05, 4.69) is 177 Å². The molecule has 6 N–H and O–H groups in total. The fraction of sp³-hybridized carbons (Fsp3) is 0.433. The molecule has 0 bridgehead atoms. The first-order valence-electron chi connectivity index (χ1n) is 51.3. The maximum atomic E-state index is 13.1. The molecular weight excluding hydrogens is 1850 g/mol. The largest absolute Gasteiger partial charge is 0.494 e. The Balaban J connectivity index is 0.000000163. The summed E-state index contributed by atoms with van der Waals surface area (Å²) in [5.74, 6) is 7.61. The van der Waals surface area contributed by atoms with Gasteiger partial charge in [-0.2, -0.15) is 0 Å². The van der Waals surface area contributed by atoms with Crippen LogP contribution in [-0.4, -0.2) is 107 Å². The van der Waals surface area contributed by atoms with Crippen LogP contribution in [0.25, 0.3) is 0 Å². The van der Waals surface area contributed by atoms with Crippen molar-refractivity contribution in [2.24, 2.45) is 0 Å². The number of unbranched alkanes of at least 4 members (excludes halogenated alkanes) is 4. The Hall–Kier alpha value is -14.0. The van der Waals surface area contributed by atoms with Gasteiger partial charge in [0, 0.05) is 98.0 Å². The summed E-state index contributed by atoms with van der Waals surface area (Å²) in [6.07, 6.45) is 21.1. The highest BCUT2D eigenvalue weighted by atomic mass is 16.6. The number of aryl methyl sites for hydroxylation is 8. The van der Waals surface area contributed by atoms with Crippen LogP contribution in [0.4, 0.5) is 34.1 Å². The van der Waals surface area contributed by atoms with Crippen LogP contribution in [0.5, 0.6) is 80.9 Å². The fourth-order valence-corrected chi connectivity index (χ4v) is 19.4. The van der Waals surface area contributed by atoms with E-state index >= 15 is 0 Å². The lowest BCUT2D eigenvalue weighted by Crippen LogP contribution is -2.24. The summed E-state index contributed by atoms with van der Waals surface area (Å²) in [6.45, 7) is 38.1.